The zero-order valence-corrected chi connectivity index (χ0v) is 10.6. The molecule has 0 saturated carbocycles. The van der Waals surface area contributed by atoms with E-state index in [-0.39, 0.29) is 11.3 Å². The average Bonchev–Trinajstić information content (AvgIpc) is 2.72. The molecule has 0 saturated heterocycles. The van der Waals surface area contributed by atoms with Gasteiger partial charge in [0.1, 0.15) is 6.33 Å². The first kappa shape index (κ1) is 12.1. The molecule has 0 bridgehead atoms. The van der Waals surface area contributed by atoms with Gasteiger partial charge in [-0.1, -0.05) is 17.8 Å². The summed E-state index contributed by atoms with van der Waals surface area (Å²) in [5.41, 5.74) is 6.99. The first-order valence-electron chi connectivity index (χ1n) is 5.35. The molecule has 2 N–H and O–H groups in total. The Bertz CT molecular complexity index is 468. The normalized spacial score (nSPS) is 14.5. The molecule has 0 amide bonds. The molecule has 2 unspecified atom stereocenters. The van der Waals surface area contributed by atoms with Crippen LogP contribution in [0.1, 0.15) is 17.9 Å². The van der Waals surface area contributed by atoms with Crippen LogP contribution in [-0.4, -0.2) is 25.8 Å². The number of pyridine rings is 1. The van der Waals surface area contributed by atoms with Gasteiger partial charge < -0.3 is 10.3 Å². The molecule has 0 spiro atoms. The number of hydrogen-bond acceptors (Lipinski definition) is 5. The number of rotatable bonds is 4. The Morgan fingerprint density at radius 1 is 1.41 bits per heavy atom. The van der Waals surface area contributed by atoms with Crippen molar-refractivity contribution in [3.63, 3.8) is 0 Å². The summed E-state index contributed by atoms with van der Waals surface area (Å²) in [5.74, 6) is 0. The van der Waals surface area contributed by atoms with Gasteiger partial charge in [0.25, 0.3) is 0 Å². The van der Waals surface area contributed by atoms with Crippen LogP contribution >= 0.6 is 11.8 Å². The van der Waals surface area contributed by atoms with Gasteiger partial charge in [-0.25, -0.2) is 0 Å². The lowest BCUT2D eigenvalue weighted by Crippen LogP contribution is -2.23. The fraction of sp³-hybridized carbons (Fsp3) is 0.364. The number of hydrogen-bond donors (Lipinski definition) is 1. The first-order valence-corrected chi connectivity index (χ1v) is 6.23. The van der Waals surface area contributed by atoms with E-state index in [0.717, 1.165) is 10.9 Å². The molecule has 0 aliphatic rings. The van der Waals surface area contributed by atoms with Gasteiger partial charge in [0.15, 0.2) is 5.16 Å². The average molecular weight is 249 g/mol. The molecule has 0 aliphatic carbocycles. The van der Waals surface area contributed by atoms with Crippen molar-refractivity contribution in [2.45, 2.75) is 23.4 Å². The summed E-state index contributed by atoms with van der Waals surface area (Å²) in [6.07, 6.45) is 3.46. The lowest BCUT2D eigenvalue weighted by atomic mass is 10.2. The molecule has 2 heterocycles. The van der Waals surface area contributed by atoms with Crippen LogP contribution in [-0.2, 0) is 7.05 Å². The van der Waals surface area contributed by atoms with Gasteiger partial charge in [0.2, 0.25) is 0 Å². The fourth-order valence-corrected chi connectivity index (χ4v) is 2.48. The summed E-state index contributed by atoms with van der Waals surface area (Å²) in [6.45, 7) is 1.97. The third-order valence-electron chi connectivity index (χ3n) is 2.36. The molecule has 6 heteroatoms. The van der Waals surface area contributed by atoms with Gasteiger partial charge in [0, 0.05) is 19.3 Å². The second-order valence-corrected chi connectivity index (χ2v) is 4.99. The number of nitrogens with zero attached hydrogens (tertiary/aromatic N) is 4. The highest BCUT2D eigenvalue weighted by atomic mass is 32.2. The molecule has 0 fully saturated rings. The van der Waals surface area contributed by atoms with Crippen LogP contribution in [0.2, 0.25) is 0 Å². The second-order valence-electron chi connectivity index (χ2n) is 3.88. The van der Waals surface area contributed by atoms with Gasteiger partial charge in [0.05, 0.1) is 10.9 Å². The smallest absolute Gasteiger partial charge is 0.191 e. The first-order chi connectivity index (χ1) is 8.18. The van der Waals surface area contributed by atoms with Crippen molar-refractivity contribution >= 4 is 11.8 Å². The van der Waals surface area contributed by atoms with E-state index in [1.165, 1.54) is 0 Å². The maximum Gasteiger partial charge on any atom is 0.191 e. The van der Waals surface area contributed by atoms with Crippen LogP contribution in [0, 0.1) is 0 Å². The van der Waals surface area contributed by atoms with Crippen LogP contribution in [0.25, 0.3) is 0 Å². The number of aryl methyl sites for hydroxylation is 1. The summed E-state index contributed by atoms with van der Waals surface area (Å²) >= 11 is 1.59. The molecule has 17 heavy (non-hydrogen) atoms. The summed E-state index contributed by atoms with van der Waals surface area (Å²) in [6, 6.07) is 5.84. The van der Waals surface area contributed by atoms with Crippen molar-refractivity contribution in [2.75, 3.05) is 0 Å². The van der Waals surface area contributed by atoms with Gasteiger partial charge >= 0.3 is 0 Å². The molecule has 2 atom stereocenters. The summed E-state index contributed by atoms with van der Waals surface area (Å²) in [7, 11) is 1.92. The monoisotopic (exact) mass is 249 g/mol. The van der Waals surface area contributed by atoms with Crippen LogP contribution in [0.4, 0.5) is 0 Å². The molecular weight excluding hydrogens is 234 g/mol. The highest BCUT2D eigenvalue weighted by Crippen LogP contribution is 2.34. The zero-order chi connectivity index (χ0) is 12.3. The quantitative estimate of drug-likeness (QED) is 0.829. The molecule has 2 aromatic heterocycles. The largest absolute Gasteiger partial charge is 0.327 e. The van der Waals surface area contributed by atoms with Gasteiger partial charge in [-0.2, -0.15) is 0 Å². The van der Waals surface area contributed by atoms with Crippen molar-refractivity contribution in [3.05, 3.63) is 36.4 Å². The Kier molecular flexibility index (Phi) is 3.75. The summed E-state index contributed by atoms with van der Waals surface area (Å²) < 4.78 is 1.88. The number of aromatic nitrogens is 4. The Morgan fingerprint density at radius 2 is 2.24 bits per heavy atom. The van der Waals surface area contributed by atoms with Crippen molar-refractivity contribution in [3.8, 4) is 0 Å². The van der Waals surface area contributed by atoms with E-state index in [9.17, 15) is 0 Å². The Balaban J connectivity index is 2.22. The highest BCUT2D eigenvalue weighted by molar-refractivity contribution is 7.99. The Morgan fingerprint density at radius 3 is 2.76 bits per heavy atom. The minimum Gasteiger partial charge on any atom is -0.327 e. The van der Waals surface area contributed by atoms with Crippen molar-refractivity contribution < 1.29 is 0 Å². The lowest BCUT2D eigenvalue weighted by molar-refractivity contribution is 0.695. The van der Waals surface area contributed by atoms with Crippen LogP contribution in [0.5, 0.6) is 0 Å². The predicted octanol–water partition coefficient (Wildman–Crippen LogP) is 1.39. The van der Waals surface area contributed by atoms with E-state index in [0.29, 0.717) is 0 Å². The van der Waals surface area contributed by atoms with E-state index in [1.807, 2.05) is 36.7 Å². The SMILES string of the molecule is CC(N)C(Sc1nncn1C)c1ccccn1. The lowest BCUT2D eigenvalue weighted by Gasteiger charge is -2.18. The van der Waals surface area contributed by atoms with E-state index in [2.05, 4.69) is 15.2 Å². The third-order valence-corrected chi connectivity index (χ3v) is 3.86. The van der Waals surface area contributed by atoms with E-state index >= 15 is 0 Å². The molecule has 0 aromatic carbocycles. The van der Waals surface area contributed by atoms with Crippen molar-refractivity contribution in [1.82, 2.24) is 19.7 Å². The number of nitrogens with two attached hydrogens (primary N) is 1. The minimum atomic E-state index is -0.00778. The van der Waals surface area contributed by atoms with Crippen LogP contribution in [0.3, 0.4) is 0 Å². The third kappa shape index (κ3) is 2.83. The van der Waals surface area contributed by atoms with E-state index in [4.69, 9.17) is 5.73 Å². The van der Waals surface area contributed by atoms with Crippen LogP contribution in [0.15, 0.2) is 35.9 Å². The number of thioether (sulfide) groups is 1. The molecule has 0 radical (unpaired) electrons. The van der Waals surface area contributed by atoms with Gasteiger partial charge in [-0.3, -0.25) is 4.98 Å². The molecule has 5 nitrogen and oxygen atoms in total. The minimum absolute atomic E-state index is 0.00778. The van der Waals surface area contributed by atoms with Crippen LogP contribution < -0.4 is 5.73 Å². The van der Waals surface area contributed by atoms with Gasteiger partial charge in [-0.05, 0) is 19.1 Å². The Labute approximate surface area is 104 Å². The Hall–Kier alpha value is -1.40. The highest BCUT2D eigenvalue weighted by Gasteiger charge is 2.21. The molecule has 2 rings (SSSR count). The predicted molar refractivity (Wildman–Crippen MR) is 67.5 cm³/mol. The molecule has 0 aliphatic heterocycles. The molecule has 90 valence electrons. The maximum absolute atomic E-state index is 6.02. The molecule has 2 aromatic rings. The van der Waals surface area contributed by atoms with E-state index in [1.54, 1.807) is 24.3 Å². The topological polar surface area (TPSA) is 69.6 Å². The van der Waals surface area contributed by atoms with Crippen molar-refractivity contribution in [2.24, 2.45) is 12.8 Å². The fourth-order valence-electron chi connectivity index (χ4n) is 1.47. The zero-order valence-electron chi connectivity index (χ0n) is 9.82. The standard InChI is InChI=1S/C11H15N5S/c1-8(12)10(9-5-3-4-6-13-9)17-11-15-14-7-16(11)2/h3-8,10H,12H2,1-2H3. The molecular formula is C11H15N5S. The second kappa shape index (κ2) is 5.29. The summed E-state index contributed by atoms with van der Waals surface area (Å²) in [5, 5.41) is 8.84. The van der Waals surface area contributed by atoms with Gasteiger partial charge in [-0.15, -0.1) is 10.2 Å². The van der Waals surface area contributed by atoms with Crippen molar-refractivity contribution in [1.29, 1.82) is 0 Å². The maximum atomic E-state index is 6.02. The van der Waals surface area contributed by atoms with E-state index < -0.39 is 0 Å². The summed E-state index contributed by atoms with van der Waals surface area (Å²) in [4.78, 5) is 4.35.